The highest BCUT2D eigenvalue weighted by Gasteiger charge is 2.01. The first-order valence-corrected chi connectivity index (χ1v) is 5.53. The average molecular weight is 244 g/mol. The van der Waals surface area contributed by atoms with Crippen molar-refractivity contribution in [1.82, 2.24) is 10.4 Å². The van der Waals surface area contributed by atoms with Gasteiger partial charge in [0.25, 0.3) is 0 Å². The Balaban J connectivity index is 2.36. The maximum absolute atomic E-state index is 5.30. The zero-order chi connectivity index (χ0) is 12.3. The number of thiocarbonyl (C=S) groups is 1. The Labute approximate surface area is 105 Å². The van der Waals surface area contributed by atoms with Crippen molar-refractivity contribution in [3.8, 4) is 0 Å². The van der Waals surface area contributed by atoms with Crippen molar-refractivity contribution in [1.29, 1.82) is 0 Å². The highest BCUT2D eigenvalue weighted by Crippen LogP contribution is 2.12. The molecule has 0 unspecified atom stereocenters. The van der Waals surface area contributed by atoms with Gasteiger partial charge in [-0.15, -0.1) is 0 Å². The summed E-state index contributed by atoms with van der Waals surface area (Å²) < 4.78 is 0. The van der Waals surface area contributed by atoms with Crippen molar-refractivity contribution in [3.05, 3.63) is 42.1 Å². The summed E-state index contributed by atoms with van der Waals surface area (Å²) >= 11 is 4.68. The summed E-state index contributed by atoms with van der Waals surface area (Å²) in [6, 6.07) is 11.9. The zero-order valence-electron chi connectivity index (χ0n) is 9.34. The maximum Gasteiger partial charge on any atom is 0.184 e. The van der Waals surface area contributed by atoms with E-state index in [0.29, 0.717) is 0 Å². The molecular weight excluding hydrogens is 232 g/mol. The third-order valence-electron chi connectivity index (χ3n) is 2.30. The molecule has 3 N–H and O–H groups in total. The highest BCUT2D eigenvalue weighted by molar-refractivity contribution is 7.80. The fourth-order valence-corrected chi connectivity index (χ4v) is 1.51. The minimum atomic E-state index is 0.144. The third-order valence-corrected chi connectivity index (χ3v) is 2.39. The van der Waals surface area contributed by atoms with E-state index in [1.165, 1.54) is 0 Å². The van der Waals surface area contributed by atoms with E-state index in [0.717, 1.165) is 22.3 Å². The van der Waals surface area contributed by atoms with Gasteiger partial charge in [-0.2, -0.15) is 5.10 Å². The number of nitrogens with two attached hydrogens (primary N) is 1. The highest BCUT2D eigenvalue weighted by atomic mass is 32.1. The summed E-state index contributed by atoms with van der Waals surface area (Å²) in [4.78, 5) is 4.50. The van der Waals surface area contributed by atoms with Crippen molar-refractivity contribution >= 4 is 33.9 Å². The van der Waals surface area contributed by atoms with Crippen molar-refractivity contribution in [2.24, 2.45) is 10.8 Å². The number of para-hydroxylation sites is 1. The molecule has 4 nitrogen and oxygen atoms in total. The number of fused-ring (bicyclic) bond motifs is 1. The van der Waals surface area contributed by atoms with Crippen LogP contribution in [0.25, 0.3) is 10.9 Å². The molecule has 1 heterocycles. The van der Waals surface area contributed by atoms with Gasteiger partial charge in [-0.3, -0.25) is 5.43 Å². The number of benzene rings is 1. The molecule has 86 valence electrons. The molecule has 0 atom stereocenters. The fraction of sp³-hybridized carbons (Fsp3) is 0.0833. The summed E-state index contributed by atoms with van der Waals surface area (Å²) in [5.74, 6) is 0. The van der Waals surface area contributed by atoms with E-state index in [1.807, 2.05) is 43.3 Å². The van der Waals surface area contributed by atoms with Crippen LogP contribution in [0.15, 0.2) is 41.5 Å². The van der Waals surface area contributed by atoms with Gasteiger partial charge in [0.05, 0.1) is 16.9 Å². The second-order valence-corrected chi connectivity index (χ2v) is 4.00. The molecule has 5 heteroatoms. The summed E-state index contributed by atoms with van der Waals surface area (Å²) in [7, 11) is 0. The fourth-order valence-electron chi connectivity index (χ4n) is 1.46. The first kappa shape index (κ1) is 11.5. The Bertz CT molecular complexity index is 592. The number of hydrazone groups is 1. The SMILES string of the molecule is CC(=NNC(N)=S)c1ccc2ccccc2n1. The topological polar surface area (TPSA) is 63.3 Å². The van der Waals surface area contributed by atoms with Gasteiger partial charge in [-0.1, -0.05) is 24.3 Å². The van der Waals surface area contributed by atoms with E-state index in [1.54, 1.807) is 0 Å². The third kappa shape index (κ3) is 2.76. The number of pyridine rings is 1. The van der Waals surface area contributed by atoms with E-state index in [9.17, 15) is 0 Å². The molecule has 0 saturated carbocycles. The molecule has 0 bridgehead atoms. The van der Waals surface area contributed by atoms with Gasteiger partial charge in [0.1, 0.15) is 0 Å². The van der Waals surface area contributed by atoms with Crippen LogP contribution in [0.5, 0.6) is 0 Å². The lowest BCUT2D eigenvalue weighted by Gasteiger charge is -2.03. The molecule has 1 aromatic heterocycles. The van der Waals surface area contributed by atoms with Gasteiger partial charge in [0.2, 0.25) is 0 Å². The molecule has 0 spiro atoms. The molecule has 0 saturated heterocycles. The molecule has 17 heavy (non-hydrogen) atoms. The zero-order valence-corrected chi connectivity index (χ0v) is 10.2. The predicted molar refractivity (Wildman–Crippen MR) is 73.9 cm³/mol. The molecule has 0 fully saturated rings. The van der Waals surface area contributed by atoms with Crippen LogP contribution in [0.3, 0.4) is 0 Å². The maximum atomic E-state index is 5.30. The number of hydrogen-bond acceptors (Lipinski definition) is 3. The van der Waals surface area contributed by atoms with Crippen LogP contribution in [-0.4, -0.2) is 15.8 Å². The summed E-state index contributed by atoms with van der Waals surface area (Å²) in [6.45, 7) is 1.85. The first-order valence-electron chi connectivity index (χ1n) is 5.13. The molecular formula is C12H12N4S. The van der Waals surface area contributed by atoms with Crippen molar-refractivity contribution in [2.45, 2.75) is 6.92 Å². The van der Waals surface area contributed by atoms with Gasteiger partial charge in [0.15, 0.2) is 5.11 Å². The van der Waals surface area contributed by atoms with Gasteiger partial charge in [0, 0.05) is 5.39 Å². The second-order valence-electron chi connectivity index (χ2n) is 3.56. The molecule has 0 aliphatic rings. The van der Waals surface area contributed by atoms with Crippen LogP contribution in [0, 0.1) is 0 Å². The average Bonchev–Trinajstić information content (AvgIpc) is 2.35. The van der Waals surface area contributed by atoms with Crippen LogP contribution in [0.4, 0.5) is 0 Å². The summed E-state index contributed by atoms with van der Waals surface area (Å²) in [5, 5.41) is 5.29. The predicted octanol–water partition coefficient (Wildman–Crippen LogP) is 1.79. The summed E-state index contributed by atoms with van der Waals surface area (Å²) in [6.07, 6.45) is 0. The lowest BCUT2D eigenvalue weighted by atomic mass is 10.2. The van der Waals surface area contributed by atoms with E-state index < -0.39 is 0 Å². The first-order chi connectivity index (χ1) is 8.16. The minimum absolute atomic E-state index is 0.144. The Morgan fingerprint density at radius 1 is 1.29 bits per heavy atom. The Morgan fingerprint density at radius 2 is 2.06 bits per heavy atom. The smallest absolute Gasteiger partial charge is 0.184 e. The molecule has 0 amide bonds. The monoisotopic (exact) mass is 244 g/mol. The Morgan fingerprint density at radius 3 is 2.82 bits per heavy atom. The Kier molecular flexibility index (Phi) is 3.30. The number of nitrogens with zero attached hydrogens (tertiary/aromatic N) is 2. The number of nitrogens with one attached hydrogen (secondary N) is 1. The van der Waals surface area contributed by atoms with E-state index in [2.05, 4.69) is 27.7 Å². The van der Waals surface area contributed by atoms with Crippen LogP contribution in [-0.2, 0) is 0 Å². The Hall–Kier alpha value is -2.01. The van der Waals surface area contributed by atoms with Gasteiger partial charge in [-0.25, -0.2) is 4.98 Å². The molecule has 2 rings (SSSR count). The molecule has 1 aromatic carbocycles. The van der Waals surface area contributed by atoms with E-state index in [4.69, 9.17) is 5.73 Å². The van der Waals surface area contributed by atoms with Crippen LogP contribution >= 0.6 is 12.2 Å². The van der Waals surface area contributed by atoms with Crippen LogP contribution in [0.2, 0.25) is 0 Å². The number of rotatable bonds is 2. The quantitative estimate of drug-likeness (QED) is 0.480. The van der Waals surface area contributed by atoms with Crippen LogP contribution < -0.4 is 11.2 Å². The number of hydrogen-bond donors (Lipinski definition) is 2. The molecule has 0 aliphatic carbocycles. The van der Waals surface area contributed by atoms with E-state index in [-0.39, 0.29) is 5.11 Å². The molecule has 0 radical (unpaired) electrons. The van der Waals surface area contributed by atoms with Crippen molar-refractivity contribution < 1.29 is 0 Å². The number of aromatic nitrogens is 1. The van der Waals surface area contributed by atoms with E-state index >= 15 is 0 Å². The van der Waals surface area contributed by atoms with Gasteiger partial charge < -0.3 is 5.73 Å². The normalized spacial score (nSPS) is 11.5. The molecule has 0 aliphatic heterocycles. The van der Waals surface area contributed by atoms with Gasteiger partial charge >= 0.3 is 0 Å². The second kappa shape index (κ2) is 4.88. The summed E-state index contributed by atoms with van der Waals surface area (Å²) in [5.41, 5.74) is 10.3. The largest absolute Gasteiger partial charge is 0.375 e. The van der Waals surface area contributed by atoms with Crippen molar-refractivity contribution in [3.63, 3.8) is 0 Å². The van der Waals surface area contributed by atoms with Gasteiger partial charge in [-0.05, 0) is 31.3 Å². The van der Waals surface area contributed by atoms with Crippen molar-refractivity contribution in [2.75, 3.05) is 0 Å². The lowest BCUT2D eigenvalue weighted by molar-refractivity contribution is 1.03. The minimum Gasteiger partial charge on any atom is -0.375 e. The lowest BCUT2D eigenvalue weighted by Crippen LogP contribution is -2.25. The van der Waals surface area contributed by atoms with Crippen LogP contribution in [0.1, 0.15) is 12.6 Å². The standard InChI is InChI=1S/C12H12N4S/c1-8(15-16-12(13)17)10-7-6-9-4-2-3-5-11(9)14-10/h2-7H,1H3,(H3,13,16,17). The molecule has 2 aromatic rings.